The SMILES string of the molecule is O=S(=O)(NCC1CCCN1)c1cc(F)ccc1Cl. The van der Waals surface area contributed by atoms with Gasteiger partial charge in [-0.3, -0.25) is 0 Å². The van der Waals surface area contributed by atoms with Crippen molar-refractivity contribution in [2.45, 2.75) is 23.8 Å². The topological polar surface area (TPSA) is 58.2 Å². The minimum atomic E-state index is -3.76. The first kappa shape index (κ1) is 13.7. The Morgan fingerprint density at radius 3 is 2.94 bits per heavy atom. The van der Waals surface area contributed by atoms with Crippen LogP contribution in [0.3, 0.4) is 0 Å². The van der Waals surface area contributed by atoms with E-state index in [0.717, 1.165) is 31.5 Å². The Bertz CT molecular complexity index is 530. The van der Waals surface area contributed by atoms with Crippen molar-refractivity contribution in [3.8, 4) is 0 Å². The van der Waals surface area contributed by atoms with Gasteiger partial charge in [0.2, 0.25) is 10.0 Å². The molecule has 0 radical (unpaired) electrons. The van der Waals surface area contributed by atoms with Gasteiger partial charge in [0.05, 0.1) is 5.02 Å². The summed E-state index contributed by atoms with van der Waals surface area (Å²) in [4.78, 5) is -0.220. The summed E-state index contributed by atoms with van der Waals surface area (Å²) in [5.74, 6) is -0.626. The molecule has 2 rings (SSSR count). The number of hydrogen-bond acceptors (Lipinski definition) is 3. The maximum atomic E-state index is 13.1. The minimum absolute atomic E-state index is 0.0169. The monoisotopic (exact) mass is 292 g/mol. The summed E-state index contributed by atoms with van der Waals surface area (Å²) in [6.45, 7) is 1.18. The molecule has 1 aromatic carbocycles. The summed E-state index contributed by atoms with van der Waals surface area (Å²) in [7, 11) is -3.76. The number of nitrogens with one attached hydrogen (secondary N) is 2. The summed E-state index contributed by atoms with van der Waals surface area (Å²) < 4.78 is 39.4. The third kappa shape index (κ3) is 3.20. The molecule has 1 heterocycles. The highest BCUT2D eigenvalue weighted by molar-refractivity contribution is 7.89. The van der Waals surface area contributed by atoms with Crippen molar-refractivity contribution in [1.82, 2.24) is 10.0 Å². The molecule has 1 saturated heterocycles. The molecule has 0 aliphatic carbocycles. The molecule has 1 fully saturated rings. The van der Waals surface area contributed by atoms with Gasteiger partial charge in [0.25, 0.3) is 0 Å². The number of hydrogen-bond donors (Lipinski definition) is 2. The van der Waals surface area contributed by atoms with Crippen LogP contribution < -0.4 is 10.0 Å². The van der Waals surface area contributed by atoms with E-state index in [-0.39, 0.29) is 22.5 Å². The quantitative estimate of drug-likeness (QED) is 0.884. The first-order valence-corrected chi connectivity index (χ1v) is 7.53. The van der Waals surface area contributed by atoms with E-state index >= 15 is 0 Å². The molecular weight excluding hydrogens is 279 g/mol. The Labute approximate surface area is 111 Å². The Kier molecular flexibility index (Phi) is 4.21. The molecule has 100 valence electrons. The lowest BCUT2D eigenvalue weighted by Gasteiger charge is -2.12. The predicted octanol–water partition coefficient (Wildman–Crippen LogP) is 1.51. The Hall–Kier alpha value is -0.690. The second-order valence-corrected chi connectivity index (χ2v) is 6.36. The fourth-order valence-corrected chi connectivity index (χ4v) is 3.49. The Balaban J connectivity index is 2.12. The van der Waals surface area contributed by atoms with Crippen molar-refractivity contribution in [1.29, 1.82) is 0 Å². The number of halogens is 2. The average molecular weight is 293 g/mol. The minimum Gasteiger partial charge on any atom is -0.313 e. The molecule has 4 nitrogen and oxygen atoms in total. The van der Waals surface area contributed by atoms with Crippen LogP contribution in [0.15, 0.2) is 23.1 Å². The van der Waals surface area contributed by atoms with Gasteiger partial charge in [0, 0.05) is 12.6 Å². The van der Waals surface area contributed by atoms with Crippen LogP contribution in [0.5, 0.6) is 0 Å². The van der Waals surface area contributed by atoms with Gasteiger partial charge in [-0.05, 0) is 37.6 Å². The molecule has 1 atom stereocenters. The van der Waals surface area contributed by atoms with Crippen LogP contribution in [-0.2, 0) is 10.0 Å². The first-order valence-electron chi connectivity index (χ1n) is 5.67. The summed E-state index contributed by atoms with van der Waals surface area (Å²) >= 11 is 5.77. The predicted molar refractivity (Wildman–Crippen MR) is 67.6 cm³/mol. The molecule has 1 unspecified atom stereocenters. The van der Waals surface area contributed by atoms with Crippen LogP contribution in [0, 0.1) is 5.82 Å². The van der Waals surface area contributed by atoms with Crippen LogP contribution >= 0.6 is 11.6 Å². The van der Waals surface area contributed by atoms with Crippen molar-refractivity contribution >= 4 is 21.6 Å². The summed E-state index contributed by atoms with van der Waals surface area (Å²) in [6.07, 6.45) is 1.96. The van der Waals surface area contributed by atoms with Gasteiger partial charge in [0.15, 0.2) is 0 Å². The molecule has 0 spiro atoms. The molecule has 2 N–H and O–H groups in total. The molecular formula is C11H14ClFN2O2S. The van der Waals surface area contributed by atoms with E-state index in [2.05, 4.69) is 10.0 Å². The lowest BCUT2D eigenvalue weighted by molar-refractivity contribution is 0.550. The van der Waals surface area contributed by atoms with Crippen molar-refractivity contribution in [3.63, 3.8) is 0 Å². The fourth-order valence-electron chi connectivity index (χ4n) is 1.90. The van der Waals surface area contributed by atoms with Gasteiger partial charge < -0.3 is 5.32 Å². The van der Waals surface area contributed by atoms with Crippen LogP contribution in [0.25, 0.3) is 0 Å². The molecule has 0 saturated carbocycles. The number of benzene rings is 1. The lowest BCUT2D eigenvalue weighted by Crippen LogP contribution is -2.37. The molecule has 0 aromatic heterocycles. The van der Waals surface area contributed by atoms with Crippen LogP contribution in [0.4, 0.5) is 4.39 Å². The summed E-state index contributed by atoms with van der Waals surface area (Å²) in [5, 5.41) is 3.19. The second kappa shape index (κ2) is 5.52. The number of sulfonamides is 1. The smallest absolute Gasteiger partial charge is 0.242 e. The van der Waals surface area contributed by atoms with Crippen LogP contribution in [-0.4, -0.2) is 27.5 Å². The van der Waals surface area contributed by atoms with Gasteiger partial charge in [0.1, 0.15) is 10.7 Å². The first-order chi connectivity index (χ1) is 8.49. The standard InChI is InChI=1S/C11H14ClFN2O2S/c12-10-4-3-8(13)6-11(10)18(16,17)15-7-9-2-1-5-14-9/h3-4,6,9,14-15H,1-2,5,7H2. The zero-order chi connectivity index (χ0) is 13.2. The van der Waals surface area contributed by atoms with Crippen molar-refractivity contribution < 1.29 is 12.8 Å². The van der Waals surface area contributed by atoms with E-state index < -0.39 is 15.8 Å². The molecule has 0 amide bonds. The third-order valence-corrected chi connectivity index (χ3v) is 4.77. The molecule has 1 aromatic rings. The fraction of sp³-hybridized carbons (Fsp3) is 0.455. The maximum Gasteiger partial charge on any atom is 0.242 e. The van der Waals surface area contributed by atoms with Crippen molar-refractivity contribution in [2.24, 2.45) is 0 Å². The van der Waals surface area contributed by atoms with Crippen molar-refractivity contribution in [3.05, 3.63) is 29.0 Å². The van der Waals surface area contributed by atoms with Gasteiger partial charge in [-0.2, -0.15) is 0 Å². The maximum absolute atomic E-state index is 13.1. The molecule has 1 aliphatic rings. The molecule has 18 heavy (non-hydrogen) atoms. The van der Waals surface area contributed by atoms with Gasteiger partial charge in [-0.25, -0.2) is 17.5 Å². The highest BCUT2D eigenvalue weighted by Gasteiger charge is 2.21. The second-order valence-electron chi connectivity index (χ2n) is 4.22. The summed E-state index contributed by atoms with van der Waals surface area (Å²) in [5.41, 5.74) is 0. The van der Waals surface area contributed by atoms with E-state index in [1.807, 2.05) is 0 Å². The normalized spacial score (nSPS) is 20.2. The van der Waals surface area contributed by atoms with Gasteiger partial charge in [-0.15, -0.1) is 0 Å². The van der Waals surface area contributed by atoms with E-state index in [1.54, 1.807) is 0 Å². The zero-order valence-corrected chi connectivity index (χ0v) is 11.2. The largest absolute Gasteiger partial charge is 0.313 e. The van der Waals surface area contributed by atoms with E-state index in [9.17, 15) is 12.8 Å². The average Bonchev–Trinajstić information content (AvgIpc) is 2.83. The molecule has 0 bridgehead atoms. The molecule has 1 aliphatic heterocycles. The Morgan fingerprint density at radius 2 is 2.28 bits per heavy atom. The highest BCUT2D eigenvalue weighted by atomic mass is 35.5. The van der Waals surface area contributed by atoms with E-state index in [4.69, 9.17) is 11.6 Å². The summed E-state index contributed by atoms with van der Waals surface area (Å²) in [6, 6.07) is 3.42. The number of rotatable bonds is 4. The Morgan fingerprint density at radius 1 is 1.50 bits per heavy atom. The van der Waals surface area contributed by atoms with Gasteiger partial charge >= 0.3 is 0 Å². The third-order valence-electron chi connectivity index (χ3n) is 2.86. The van der Waals surface area contributed by atoms with Crippen molar-refractivity contribution in [2.75, 3.05) is 13.1 Å². The highest BCUT2D eigenvalue weighted by Crippen LogP contribution is 2.22. The van der Waals surface area contributed by atoms with Crippen LogP contribution in [0.2, 0.25) is 5.02 Å². The zero-order valence-electron chi connectivity index (χ0n) is 9.62. The lowest BCUT2D eigenvalue weighted by atomic mass is 10.2. The van der Waals surface area contributed by atoms with E-state index in [1.165, 1.54) is 6.07 Å². The molecule has 7 heteroatoms. The van der Waals surface area contributed by atoms with Gasteiger partial charge in [-0.1, -0.05) is 11.6 Å². The van der Waals surface area contributed by atoms with E-state index in [0.29, 0.717) is 0 Å². The van der Waals surface area contributed by atoms with Crippen LogP contribution in [0.1, 0.15) is 12.8 Å².